The standard InChI is InChI=1S/C20H17N3O2S3.C6H15N/c1-11-7-6-8-12(2)15(11)23-18(24)16-17(21-19(23)26)22(20(27)28-16)13-9-4-5-10-14(13)25-3;1-4-7(5-2)6-3/h4-10H,1-3H3,(H,21,26);4-6H2,1-3H3. The van der Waals surface area contributed by atoms with Crippen LogP contribution >= 0.6 is 35.8 Å². The Kier molecular flexibility index (Phi) is 9.18. The minimum Gasteiger partial charge on any atom is -0.495 e. The molecule has 0 aliphatic carbocycles. The smallest absolute Gasteiger partial charge is 0.278 e. The van der Waals surface area contributed by atoms with E-state index in [9.17, 15) is 4.79 Å². The van der Waals surface area contributed by atoms with Crippen LogP contribution in [0.2, 0.25) is 0 Å². The Balaban J connectivity index is 0.000000429. The fourth-order valence-electron chi connectivity index (χ4n) is 4.05. The summed E-state index contributed by atoms with van der Waals surface area (Å²) < 4.78 is 10.2. The number of aromatic nitrogens is 3. The van der Waals surface area contributed by atoms with Gasteiger partial charge in [0.15, 0.2) is 8.73 Å². The number of ether oxygens (including phenoxy) is 1. The van der Waals surface area contributed by atoms with Crippen molar-refractivity contribution in [1.82, 2.24) is 19.0 Å². The third-order valence-corrected chi connectivity index (χ3v) is 7.61. The van der Waals surface area contributed by atoms with E-state index in [1.54, 1.807) is 16.2 Å². The van der Waals surface area contributed by atoms with Crippen molar-refractivity contribution in [2.75, 3.05) is 26.7 Å². The third kappa shape index (κ3) is 5.48. The number of nitrogens with one attached hydrogen (secondary N) is 1. The molecule has 6 nitrogen and oxygen atoms in total. The van der Waals surface area contributed by atoms with Gasteiger partial charge in [-0.05, 0) is 81.2 Å². The lowest BCUT2D eigenvalue weighted by Crippen LogP contribution is -2.21. The van der Waals surface area contributed by atoms with Crippen molar-refractivity contribution in [3.05, 3.63) is 72.7 Å². The van der Waals surface area contributed by atoms with Crippen molar-refractivity contribution in [1.29, 1.82) is 0 Å². The largest absolute Gasteiger partial charge is 0.495 e. The summed E-state index contributed by atoms with van der Waals surface area (Å²) in [6, 6.07) is 13.4. The van der Waals surface area contributed by atoms with Crippen LogP contribution in [0, 0.1) is 22.6 Å². The van der Waals surface area contributed by atoms with Gasteiger partial charge in [-0.1, -0.05) is 62.4 Å². The molecule has 0 bridgehead atoms. The highest BCUT2D eigenvalue weighted by Gasteiger charge is 2.18. The highest BCUT2D eigenvalue weighted by atomic mass is 32.1. The Morgan fingerprint density at radius 3 is 2.09 bits per heavy atom. The van der Waals surface area contributed by atoms with Gasteiger partial charge in [0.25, 0.3) is 5.56 Å². The molecular weight excluding hydrogens is 497 g/mol. The summed E-state index contributed by atoms with van der Waals surface area (Å²) in [4.78, 5) is 19.0. The Morgan fingerprint density at radius 1 is 0.943 bits per heavy atom. The first-order valence-corrected chi connectivity index (χ1v) is 13.2. The Bertz CT molecular complexity index is 1470. The van der Waals surface area contributed by atoms with Crippen molar-refractivity contribution in [3.8, 4) is 17.1 Å². The molecule has 2 aromatic heterocycles. The van der Waals surface area contributed by atoms with E-state index in [4.69, 9.17) is 29.2 Å². The molecule has 0 amide bonds. The second-order valence-electron chi connectivity index (χ2n) is 7.98. The zero-order valence-corrected chi connectivity index (χ0v) is 23.5. The van der Waals surface area contributed by atoms with Crippen LogP contribution in [0.15, 0.2) is 47.3 Å². The van der Waals surface area contributed by atoms with Gasteiger partial charge in [0.2, 0.25) is 0 Å². The summed E-state index contributed by atoms with van der Waals surface area (Å²) in [5, 5.41) is 0. The molecular formula is C26H32N4O2S3. The normalized spacial score (nSPS) is 10.9. The van der Waals surface area contributed by atoms with Crippen molar-refractivity contribution >= 4 is 46.1 Å². The van der Waals surface area contributed by atoms with Crippen molar-refractivity contribution < 1.29 is 4.74 Å². The minimum atomic E-state index is -0.180. The predicted octanol–water partition coefficient (Wildman–Crippen LogP) is 6.60. The molecule has 4 rings (SSSR count). The molecule has 0 fully saturated rings. The van der Waals surface area contributed by atoms with Gasteiger partial charge in [-0.15, -0.1) is 0 Å². The van der Waals surface area contributed by atoms with Gasteiger partial charge in [-0.2, -0.15) is 0 Å². The molecule has 0 saturated carbocycles. The summed E-state index contributed by atoms with van der Waals surface area (Å²) in [6.45, 7) is 14.1. The average molecular weight is 529 g/mol. The predicted molar refractivity (Wildman–Crippen MR) is 152 cm³/mol. The molecule has 0 aliphatic heterocycles. The number of thiazole rings is 1. The van der Waals surface area contributed by atoms with Gasteiger partial charge in [-0.25, -0.2) is 0 Å². The van der Waals surface area contributed by atoms with Crippen LogP contribution in [-0.4, -0.2) is 45.8 Å². The molecule has 0 spiro atoms. The van der Waals surface area contributed by atoms with Gasteiger partial charge >= 0.3 is 0 Å². The molecule has 35 heavy (non-hydrogen) atoms. The van der Waals surface area contributed by atoms with E-state index in [0.717, 1.165) is 22.5 Å². The van der Waals surface area contributed by atoms with Crippen LogP contribution in [0.4, 0.5) is 0 Å². The minimum absolute atomic E-state index is 0.180. The van der Waals surface area contributed by atoms with Gasteiger partial charge < -0.3 is 14.6 Å². The fourth-order valence-corrected chi connectivity index (χ4v) is 5.63. The number of methoxy groups -OCH3 is 1. The lowest BCUT2D eigenvalue weighted by atomic mass is 10.1. The summed E-state index contributed by atoms with van der Waals surface area (Å²) >= 11 is 12.4. The van der Waals surface area contributed by atoms with Crippen LogP contribution in [0.3, 0.4) is 0 Å². The first-order chi connectivity index (χ1) is 16.8. The number of para-hydroxylation sites is 3. The van der Waals surface area contributed by atoms with Gasteiger partial charge in [-0.3, -0.25) is 13.9 Å². The number of hydrogen-bond acceptors (Lipinski definition) is 6. The number of aryl methyl sites for hydroxylation is 2. The molecule has 186 valence electrons. The summed E-state index contributed by atoms with van der Waals surface area (Å²) in [5.41, 5.74) is 3.93. The molecule has 0 unspecified atom stereocenters. The van der Waals surface area contributed by atoms with Crippen molar-refractivity contribution in [2.45, 2.75) is 34.6 Å². The van der Waals surface area contributed by atoms with Gasteiger partial charge in [0, 0.05) is 0 Å². The van der Waals surface area contributed by atoms with Crippen molar-refractivity contribution in [3.63, 3.8) is 0 Å². The summed E-state index contributed by atoms with van der Waals surface area (Å²) in [7, 11) is 1.60. The van der Waals surface area contributed by atoms with Gasteiger partial charge in [0.1, 0.15) is 16.1 Å². The number of H-pyrrole nitrogens is 1. The van der Waals surface area contributed by atoms with Crippen LogP contribution in [-0.2, 0) is 0 Å². The molecule has 0 aliphatic rings. The second-order valence-corrected chi connectivity index (χ2v) is 10.0. The Morgan fingerprint density at radius 2 is 1.54 bits per heavy atom. The van der Waals surface area contributed by atoms with Crippen LogP contribution in [0.5, 0.6) is 5.75 Å². The maximum Gasteiger partial charge on any atom is 0.278 e. The van der Waals surface area contributed by atoms with Crippen LogP contribution in [0.1, 0.15) is 31.9 Å². The number of fused-ring (bicyclic) bond motifs is 1. The molecule has 1 N–H and O–H groups in total. The van der Waals surface area contributed by atoms with Crippen LogP contribution in [0.25, 0.3) is 21.7 Å². The van der Waals surface area contributed by atoms with E-state index in [1.165, 1.54) is 31.0 Å². The number of hydrogen-bond donors (Lipinski definition) is 1. The summed E-state index contributed by atoms with van der Waals surface area (Å²) in [6.07, 6.45) is 0. The molecule has 2 aromatic carbocycles. The topological polar surface area (TPSA) is 55.2 Å². The first-order valence-electron chi connectivity index (χ1n) is 11.6. The number of rotatable bonds is 6. The lowest BCUT2D eigenvalue weighted by molar-refractivity contribution is 0.321. The van der Waals surface area contributed by atoms with E-state index < -0.39 is 0 Å². The second kappa shape index (κ2) is 11.9. The molecule has 0 saturated heterocycles. The number of aromatic amines is 1. The van der Waals surface area contributed by atoms with E-state index in [2.05, 4.69) is 30.7 Å². The van der Waals surface area contributed by atoms with E-state index in [0.29, 0.717) is 24.8 Å². The fraction of sp³-hybridized carbons (Fsp3) is 0.346. The van der Waals surface area contributed by atoms with E-state index in [1.807, 2.05) is 56.3 Å². The highest BCUT2D eigenvalue weighted by Crippen LogP contribution is 2.29. The zero-order valence-electron chi connectivity index (χ0n) is 21.0. The lowest BCUT2D eigenvalue weighted by Gasteiger charge is -2.14. The third-order valence-electron chi connectivity index (χ3n) is 5.97. The maximum atomic E-state index is 13.4. The van der Waals surface area contributed by atoms with Crippen molar-refractivity contribution in [2.24, 2.45) is 0 Å². The molecule has 0 atom stereocenters. The zero-order chi connectivity index (χ0) is 25.7. The highest BCUT2D eigenvalue weighted by molar-refractivity contribution is 7.73. The molecule has 9 heteroatoms. The maximum absolute atomic E-state index is 13.4. The average Bonchev–Trinajstić information content (AvgIpc) is 3.18. The summed E-state index contributed by atoms with van der Waals surface area (Å²) in [5.74, 6) is 0.663. The molecule has 2 heterocycles. The molecule has 0 radical (unpaired) electrons. The number of benzene rings is 2. The SMILES string of the molecule is CCN(CC)CC.COc1ccccc1-n1c(=S)sc2c(=O)n(-c3c(C)cccc3C)c(=S)[nH]c21. The molecule has 4 aromatic rings. The Labute approximate surface area is 220 Å². The van der Waals surface area contributed by atoms with E-state index >= 15 is 0 Å². The monoisotopic (exact) mass is 528 g/mol. The Hall–Kier alpha value is -2.59. The number of nitrogens with zero attached hydrogens (tertiary/aromatic N) is 3. The van der Waals surface area contributed by atoms with E-state index in [-0.39, 0.29) is 5.56 Å². The van der Waals surface area contributed by atoms with Crippen LogP contribution < -0.4 is 10.3 Å². The first kappa shape index (κ1) is 27.0. The van der Waals surface area contributed by atoms with Gasteiger partial charge in [0.05, 0.1) is 18.5 Å². The quantitative estimate of drug-likeness (QED) is 0.286.